The number of nitrogens with zero attached hydrogens (tertiary/aromatic N) is 4. The van der Waals surface area contributed by atoms with Crippen LogP contribution in [0.4, 0.5) is 5.69 Å². The second-order valence-corrected chi connectivity index (χ2v) is 10.1. The zero-order chi connectivity index (χ0) is 25.2. The quantitative estimate of drug-likeness (QED) is 0.508. The number of anilines is 1. The number of nitrogens with one attached hydrogen (secondary N) is 1. The Morgan fingerprint density at radius 3 is 2.62 bits per heavy atom. The topological polar surface area (TPSA) is 100 Å². The van der Waals surface area contributed by atoms with Crippen LogP contribution in [0, 0.1) is 5.92 Å². The average molecular weight is 504 g/mol. The van der Waals surface area contributed by atoms with Crippen LogP contribution in [0.1, 0.15) is 30.9 Å². The smallest absolute Gasteiger partial charge is 0.225 e. The zero-order valence-electron chi connectivity index (χ0n) is 20.9. The van der Waals surface area contributed by atoms with Gasteiger partial charge in [0.1, 0.15) is 19.3 Å². The molecule has 4 heterocycles. The van der Waals surface area contributed by atoms with Crippen LogP contribution in [-0.2, 0) is 4.79 Å². The fraction of sp³-hybridized carbons (Fsp3) is 0.464. The van der Waals surface area contributed by atoms with E-state index in [1.165, 1.54) is 0 Å². The first-order valence-corrected chi connectivity index (χ1v) is 13.2. The number of hydrogen-bond acceptors (Lipinski definition) is 8. The van der Waals surface area contributed by atoms with Gasteiger partial charge in [-0.05, 0) is 68.2 Å². The predicted molar refractivity (Wildman–Crippen MR) is 140 cm³/mol. The van der Waals surface area contributed by atoms with Crippen LogP contribution in [0.2, 0.25) is 0 Å². The monoisotopic (exact) mass is 503 g/mol. The molecule has 2 fully saturated rings. The number of likely N-dealkylation sites (tertiary alicyclic amines) is 1. The highest BCUT2D eigenvalue weighted by molar-refractivity contribution is 5.82. The van der Waals surface area contributed by atoms with E-state index in [9.17, 15) is 9.90 Å². The Balaban J connectivity index is 1.15. The maximum absolute atomic E-state index is 13.5. The van der Waals surface area contributed by atoms with Crippen molar-refractivity contribution in [2.24, 2.45) is 5.92 Å². The molecule has 0 bridgehead atoms. The molecule has 0 saturated carbocycles. The molecule has 2 saturated heterocycles. The maximum atomic E-state index is 13.5. The summed E-state index contributed by atoms with van der Waals surface area (Å²) in [6.07, 6.45) is 5.59. The average Bonchev–Trinajstić information content (AvgIpc) is 3.64. The number of benzene rings is 2. The van der Waals surface area contributed by atoms with Gasteiger partial charge in [0.2, 0.25) is 5.91 Å². The molecule has 9 heteroatoms. The van der Waals surface area contributed by atoms with E-state index in [1.807, 2.05) is 36.4 Å². The summed E-state index contributed by atoms with van der Waals surface area (Å²) in [4.78, 5) is 26.8. The predicted octanol–water partition coefficient (Wildman–Crippen LogP) is 2.54. The van der Waals surface area contributed by atoms with Gasteiger partial charge in [-0.25, -0.2) is 0 Å². The lowest BCUT2D eigenvalue weighted by atomic mass is 9.99. The molecule has 194 valence electrons. The largest absolute Gasteiger partial charge is 0.486 e. The van der Waals surface area contributed by atoms with Crippen molar-refractivity contribution in [1.29, 1.82) is 0 Å². The highest BCUT2D eigenvalue weighted by Crippen LogP contribution is 2.34. The number of amides is 1. The van der Waals surface area contributed by atoms with Crippen molar-refractivity contribution in [3.63, 3.8) is 0 Å². The summed E-state index contributed by atoms with van der Waals surface area (Å²) < 4.78 is 11.4. The number of aromatic nitrogens is 2. The lowest BCUT2D eigenvalue weighted by Gasteiger charge is -2.30. The first-order valence-electron chi connectivity index (χ1n) is 13.2. The minimum absolute atomic E-state index is 0.0103. The van der Waals surface area contributed by atoms with Gasteiger partial charge >= 0.3 is 0 Å². The van der Waals surface area contributed by atoms with E-state index < -0.39 is 12.1 Å². The number of carbonyl (C=O) groups excluding carboxylic acids is 1. The van der Waals surface area contributed by atoms with E-state index in [2.05, 4.69) is 25.1 Å². The highest BCUT2D eigenvalue weighted by atomic mass is 16.6. The Morgan fingerprint density at radius 2 is 1.78 bits per heavy atom. The highest BCUT2D eigenvalue weighted by Gasteiger charge is 2.33. The fourth-order valence-electron chi connectivity index (χ4n) is 5.60. The molecule has 9 nitrogen and oxygen atoms in total. The van der Waals surface area contributed by atoms with Crippen molar-refractivity contribution in [3.8, 4) is 11.5 Å². The van der Waals surface area contributed by atoms with E-state index in [1.54, 1.807) is 12.4 Å². The Labute approximate surface area is 216 Å². The second-order valence-electron chi connectivity index (χ2n) is 10.1. The van der Waals surface area contributed by atoms with Gasteiger partial charge in [-0.2, -0.15) is 0 Å². The third-order valence-corrected chi connectivity index (χ3v) is 7.65. The van der Waals surface area contributed by atoms with Crippen molar-refractivity contribution < 1.29 is 19.4 Å². The summed E-state index contributed by atoms with van der Waals surface area (Å²) >= 11 is 0. The molecule has 3 atom stereocenters. The van der Waals surface area contributed by atoms with Crippen LogP contribution in [0.15, 0.2) is 48.8 Å². The van der Waals surface area contributed by atoms with Gasteiger partial charge in [0.15, 0.2) is 11.5 Å². The Hall–Kier alpha value is -3.43. The number of fused-ring (bicyclic) bond motifs is 2. The van der Waals surface area contributed by atoms with Gasteiger partial charge in [-0.3, -0.25) is 14.8 Å². The number of carbonyl (C=O) groups is 1. The van der Waals surface area contributed by atoms with E-state index in [-0.39, 0.29) is 11.8 Å². The lowest BCUT2D eigenvalue weighted by molar-refractivity contribution is -0.126. The molecule has 3 unspecified atom stereocenters. The van der Waals surface area contributed by atoms with Gasteiger partial charge in [0, 0.05) is 37.7 Å². The van der Waals surface area contributed by atoms with Gasteiger partial charge in [-0.15, -0.1) is 0 Å². The first-order chi connectivity index (χ1) is 18.1. The first kappa shape index (κ1) is 23.9. The maximum Gasteiger partial charge on any atom is 0.225 e. The third kappa shape index (κ3) is 5.19. The van der Waals surface area contributed by atoms with Crippen molar-refractivity contribution in [3.05, 3.63) is 54.4 Å². The summed E-state index contributed by atoms with van der Waals surface area (Å²) in [5.74, 6) is 1.17. The van der Waals surface area contributed by atoms with Crippen molar-refractivity contribution in [2.45, 2.75) is 31.4 Å². The standard InChI is InChI=1S/C28H33N5O4/c34-27(19-3-6-25-26(15-19)37-14-13-36-25)24(18-32-10-1-2-11-32)31-28(35)20-7-12-33(17-20)21-4-5-22-23(16-21)30-9-8-29-22/h3-6,8-9,15-16,20,24,27,34H,1-2,7,10-14,17-18H2,(H,31,35). The van der Waals surface area contributed by atoms with Crippen LogP contribution in [0.25, 0.3) is 11.0 Å². The summed E-state index contributed by atoms with van der Waals surface area (Å²) in [5, 5.41) is 14.6. The lowest BCUT2D eigenvalue weighted by Crippen LogP contribution is -2.48. The molecule has 1 aromatic heterocycles. The minimum atomic E-state index is -0.850. The SMILES string of the molecule is O=C(NC(CN1CCCC1)C(O)c1ccc2c(c1)OCCO2)C1CCN(c2ccc3nccnc3c2)C1. The molecule has 0 spiro atoms. The van der Waals surface area contributed by atoms with Crippen molar-refractivity contribution in [2.75, 3.05) is 50.8 Å². The molecule has 0 radical (unpaired) electrons. The van der Waals surface area contributed by atoms with Crippen LogP contribution in [0.3, 0.4) is 0 Å². The van der Waals surface area contributed by atoms with Crippen LogP contribution < -0.4 is 19.7 Å². The molecular formula is C28H33N5O4. The summed E-state index contributed by atoms with van der Waals surface area (Å²) in [5.41, 5.74) is 3.48. The number of ether oxygens (including phenoxy) is 2. The van der Waals surface area contributed by atoms with E-state index in [0.717, 1.165) is 61.2 Å². The van der Waals surface area contributed by atoms with Gasteiger partial charge in [-0.1, -0.05) is 6.07 Å². The molecular weight excluding hydrogens is 470 g/mol. The van der Waals surface area contributed by atoms with Crippen LogP contribution in [-0.4, -0.2) is 77.9 Å². The minimum Gasteiger partial charge on any atom is -0.486 e. The summed E-state index contributed by atoms with van der Waals surface area (Å²) in [7, 11) is 0. The van der Waals surface area contributed by atoms with Gasteiger partial charge in [0.05, 0.1) is 23.0 Å². The van der Waals surface area contributed by atoms with Crippen molar-refractivity contribution >= 4 is 22.6 Å². The normalized spacial score (nSPS) is 21.2. The molecule has 1 amide bonds. The van der Waals surface area contributed by atoms with Gasteiger partial charge < -0.3 is 29.7 Å². The second kappa shape index (κ2) is 10.5. The molecule has 0 aliphatic carbocycles. The molecule has 2 N–H and O–H groups in total. The molecule has 37 heavy (non-hydrogen) atoms. The molecule has 3 aromatic rings. The van der Waals surface area contributed by atoms with E-state index in [0.29, 0.717) is 37.8 Å². The molecule has 3 aliphatic heterocycles. The van der Waals surface area contributed by atoms with E-state index >= 15 is 0 Å². The Bertz CT molecular complexity index is 1260. The number of aliphatic hydroxyl groups is 1. The summed E-state index contributed by atoms with van der Waals surface area (Å²) in [6, 6.07) is 11.2. The number of aliphatic hydroxyl groups excluding tert-OH is 1. The molecule has 3 aliphatic rings. The van der Waals surface area contributed by atoms with E-state index in [4.69, 9.17) is 9.47 Å². The number of rotatable bonds is 7. The zero-order valence-corrected chi connectivity index (χ0v) is 20.9. The molecule has 2 aromatic carbocycles. The van der Waals surface area contributed by atoms with Crippen LogP contribution >= 0.6 is 0 Å². The summed E-state index contributed by atoms with van der Waals surface area (Å²) in [6.45, 7) is 5.03. The molecule has 6 rings (SSSR count). The van der Waals surface area contributed by atoms with Crippen LogP contribution in [0.5, 0.6) is 11.5 Å². The Morgan fingerprint density at radius 1 is 1.00 bits per heavy atom. The Kier molecular flexibility index (Phi) is 6.80. The number of hydrogen-bond donors (Lipinski definition) is 2. The fourth-order valence-corrected chi connectivity index (χ4v) is 5.60. The third-order valence-electron chi connectivity index (χ3n) is 7.65. The van der Waals surface area contributed by atoms with Gasteiger partial charge in [0.25, 0.3) is 0 Å². The van der Waals surface area contributed by atoms with Crippen molar-refractivity contribution in [1.82, 2.24) is 20.2 Å².